The van der Waals surface area contributed by atoms with Crippen LogP contribution in [0.2, 0.25) is 0 Å². The summed E-state index contributed by atoms with van der Waals surface area (Å²) in [5.74, 6) is -0.917. The van der Waals surface area contributed by atoms with Crippen LogP contribution in [0.25, 0.3) is 0 Å². The Morgan fingerprint density at radius 1 is 1.67 bits per heavy atom. The summed E-state index contributed by atoms with van der Waals surface area (Å²) in [6, 6.07) is 0. The molecule has 1 aliphatic heterocycles. The molecule has 0 spiro atoms. The molecular formula is C10H17NO4. The largest absolute Gasteiger partial charge is 0.478 e. The highest BCUT2D eigenvalue weighted by Gasteiger charge is 2.19. The molecule has 0 aromatic rings. The number of hydrogen-bond donors (Lipinski definition) is 2. The Morgan fingerprint density at radius 3 is 3.00 bits per heavy atom. The molecule has 1 unspecified atom stereocenters. The monoisotopic (exact) mass is 215 g/mol. The van der Waals surface area contributed by atoms with E-state index in [0.29, 0.717) is 19.7 Å². The summed E-state index contributed by atoms with van der Waals surface area (Å²) in [5, 5.41) is 17.5. The maximum Gasteiger partial charge on any atom is 0.328 e. The van der Waals surface area contributed by atoms with Crippen LogP contribution in [0.1, 0.15) is 6.92 Å². The van der Waals surface area contributed by atoms with Crippen LogP contribution < -0.4 is 0 Å². The number of ether oxygens (including phenoxy) is 1. The molecule has 0 bridgehead atoms. The average Bonchev–Trinajstić information content (AvgIpc) is 2.16. The van der Waals surface area contributed by atoms with E-state index in [0.717, 1.165) is 12.1 Å². The average molecular weight is 215 g/mol. The molecule has 0 saturated carbocycles. The maximum absolute atomic E-state index is 10.4. The van der Waals surface area contributed by atoms with Gasteiger partial charge in [-0.2, -0.15) is 0 Å². The summed E-state index contributed by atoms with van der Waals surface area (Å²) in [6.45, 7) is 4.44. The number of hydrogen-bond acceptors (Lipinski definition) is 4. The lowest BCUT2D eigenvalue weighted by atomic mass is 10.2. The van der Waals surface area contributed by atoms with Crippen molar-refractivity contribution in [2.24, 2.45) is 0 Å². The number of aliphatic hydroxyl groups excluding tert-OH is 1. The van der Waals surface area contributed by atoms with Crippen molar-refractivity contribution in [2.75, 3.05) is 32.8 Å². The minimum Gasteiger partial charge on any atom is -0.478 e. The van der Waals surface area contributed by atoms with Crippen LogP contribution in [0.4, 0.5) is 0 Å². The van der Waals surface area contributed by atoms with Crippen molar-refractivity contribution >= 4 is 5.97 Å². The predicted molar refractivity (Wildman–Crippen MR) is 54.7 cm³/mol. The normalized spacial score (nSPS) is 24.1. The van der Waals surface area contributed by atoms with Gasteiger partial charge in [0.15, 0.2) is 0 Å². The van der Waals surface area contributed by atoms with E-state index >= 15 is 0 Å². The summed E-state index contributed by atoms with van der Waals surface area (Å²) in [7, 11) is 0. The molecule has 1 fully saturated rings. The molecule has 0 aromatic carbocycles. The molecule has 1 saturated heterocycles. The van der Waals surface area contributed by atoms with Gasteiger partial charge in [-0.15, -0.1) is 0 Å². The number of rotatable bonds is 4. The van der Waals surface area contributed by atoms with E-state index in [-0.39, 0.29) is 12.7 Å². The first-order valence-electron chi connectivity index (χ1n) is 4.96. The van der Waals surface area contributed by atoms with Crippen molar-refractivity contribution < 1.29 is 19.7 Å². The molecule has 2 N–H and O–H groups in total. The molecule has 0 aliphatic carbocycles. The van der Waals surface area contributed by atoms with E-state index in [4.69, 9.17) is 14.9 Å². The standard InChI is InChI=1S/C10H17NO4/c1-8(4-10(13)14)5-11-2-3-15-9(6-11)7-12/h4,9,12H,2-3,5-7H2,1H3,(H,13,14). The minimum absolute atomic E-state index is 0.0121. The van der Waals surface area contributed by atoms with Gasteiger partial charge in [0, 0.05) is 25.7 Å². The van der Waals surface area contributed by atoms with Gasteiger partial charge in [0.25, 0.3) is 0 Å². The first-order valence-corrected chi connectivity index (χ1v) is 4.96. The lowest BCUT2D eigenvalue weighted by Crippen LogP contribution is -2.44. The van der Waals surface area contributed by atoms with E-state index in [9.17, 15) is 4.79 Å². The quantitative estimate of drug-likeness (QED) is 0.631. The van der Waals surface area contributed by atoms with Crippen LogP contribution >= 0.6 is 0 Å². The lowest BCUT2D eigenvalue weighted by Gasteiger charge is -2.32. The van der Waals surface area contributed by atoms with E-state index < -0.39 is 5.97 Å². The summed E-state index contributed by atoms with van der Waals surface area (Å²) in [4.78, 5) is 12.5. The van der Waals surface area contributed by atoms with Crippen molar-refractivity contribution in [3.05, 3.63) is 11.6 Å². The Labute approximate surface area is 89.0 Å². The molecule has 1 heterocycles. The first-order chi connectivity index (χ1) is 7.11. The number of carboxylic acid groups (broad SMARTS) is 1. The molecule has 5 heteroatoms. The van der Waals surface area contributed by atoms with Crippen molar-refractivity contribution in [3.8, 4) is 0 Å². The van der Waals surface area contributed by atoms with E-state index in [2.05, 4.69) is 4.90 Å². The third-order valence-electron chi connectivity index (χ3n) is 2.27. The number of carboxylic acids is 1. The van der Waals surface area contributed by atoms with Gasteiger partial charge < -0.3 is 14.9 Å². The Kier molecular flexibility index (Phi) is 4.74. The fourth-order valence-corrected chi connectivity index (χ4v) is 1.64. The second-order valence-corrected chi connectivity index (χ2v) is 3.74. The van der Waals surface area contributed by atoms with E-state index in [1.807, 2.05) is 0 Å². The highest BCUT2D eigenvalue weighted by molar-refractivity contribution is 5.80. The Hall–Kier alpha value is -0.910. The molecule has 1 atom stereocenters. The SMILES string of the molecule is CC(=CC(=O)O)CN1CCOC(CO)C1. The Bertz CT molecular complexity index is 252. The molecule has 0 amide bonds. The van der Waals surface area contributed by atoms with Gasteiger partial charge in [-0.3, -0.25) is 4.90 Å². The lowest BCUT2D eigenvalue weighted by molar-refractivity contribution is -0.131. The van der Waals surface area contributed by atoms with Gasteiger partial charge in [0.2, 0.25) is 0 Å². The second-order valence-electron chi connectivity index (χ2n) is 3.74. The fourth-order valence-electron chi connectivity index (χ4n) is 1.64. The fraction of sp³-hybridized carbons (Fsp3) is 0.700. The highest BCUT2D eigenvalue weighted by atomic mass is 16.5. The highest BCUT2D eigenvalue weighted by Crippen LogP contribution is 2.07. The van der Waals surface area contributed by atoms with Crippen molar-refractivity contribution in [3.63, 3.8) is 0 Å². The molecule has 5 nitrogen and oxygen atoms in total. The van der Waals surface area contributed by atoms with Gasteiger partial charge in [-0.1, -0.05) is 5.57 Å². The number of aliphatic hydroxyl groups is 1. The van der Waals surface area contributed by atoms with Crippen LogP contribution in [0.5, 0.6) is 0 Å². The summed E-state index contributed by atoms with van der Waals surface area (Å²) in [5.41, 5.74) is 0.807. The molecule has 1 rings (SSSR count). The van der Waals surface area contributed by atoms with Gasteiger partial charge in [0.1, 0.15) is 0 Å². The smallest absolute Gasteiger partial charge is 0.328 e. The molecule has 15 heavy (non-hydrogen) atoms. The number of nitrogens with zero attached hydrogens (tertiary/aromatic N) is 1. The second kappa shape index (κ2) is 5.85. The van der Waals surface area contributed by atoms with Crippen LogP contribution in [-0.4, -0.2) is 60.0 Å². The Morgan fingerprint density at radius 2 is 2.40 bits per heavy atom. The third kappa shape index (κ3) is 4.42. The van der Waals surface area contributed by atoms with Crippen LogP contribution in [-0.2, 0) is 9.53 Å². The van der Waals surface area contributed by atoms with Crippen LogP contribution in [0, 0.1) is 0 Å². The topological polar surface area (TPSA) is 70.0 Å². The summed E-state index contributed by atoms with van der Waals surface area (Å²) < 4.78 is 5.29. The number of aliphatic carboxylic acids is 1. The van der Waals surface area contributed by atoms with Crippen LogP contribution in [0.15, 0.2) is 11.6 Å². The van der Waals surface area contributed by atoms with Gasteiger partial charge in [-0.25, -0.2) is 4.79 Å². The predicted octanol–water partition coefficient (Wildman–Crippen LogP) is -0.290. The summed E-state index contributed by atoms with van der Waals surface area (Å²) >= 11 is 0. The van der Waals surface area contributed by atoms with Gasteiger partial charge >= 0.3 is 5.97 Å². The van der Waals surface area contributed by atoms with Gasteiger partial charge in [-0.05, 0) is 6.92 Å². The number of carbonyl (C=O) groups is 1. The zero-order valence-corrected chi connectivity index (χ0v) is 8.85. The summed E-state index contributed by atoms with van der Waals surface area (Å²) in [6.07, 6.45) is 1.07. The Balaban J connectivity index is 2.41. The van der Waals surface area contributed by atoms with Crippen molar-refractivity contribution in [2.45, 2.75) is 13.0 Å². The van der Waals surface area contributed by atoms with Crippen molar-refractivity contribution in [1.82, 2.24) is 4.90 Å². The molecular weight excluding hydrogens is 198 g/mol. The van der Waals surface area contributed by atoms with Gasteiger partial charge in [0.05, 0.1) is 19.3 Å². The molecule has 0 radical (unpaired) electrons. The molecule has 86 valence electrons. The number of morpholine rings is 1. The zero-order chi connectivity index (χ0) is 11.3. The minimum atomic E-state index is -0.917. The maximum atomic E-state index is 10.4. The van der Waals surface area contributed by atoms with E-state index in [1.54, 1.807) is 6.92 Å². The third-order valence-corrected chi connectivity index (χ3v) is 2.27. The van der Waals surface area contributed by atoms with Crippen LogP contribution in [0.3, 0.4) is 0 Å². The first kappa shape index (κ1) is 12.2. The van der Waals surface area contributed by atoms with E-state index in [1.165, 1.54) is 6.08 Å². The molecule has 1 aliphatic rings. The van der Waals surface area contributed by atoms with Crippen molar-refractivity contribution in [1.29, 1.82) is 0 Å². The molecule has 0 aromatic heterocycles. The zero-order valence-electron chi connectivity index (χ0n) is 8.85.